The highest BCUT2D eigenvalue weighted by Gasteiger charge is 2.25. The molecule has 1 aliphatic carbocycles. The third kappa shape index (κ3) is 2.54. The molecule has 1 fully saturated rings. The fourth-order valence-electron chi connectivity index (χ4n) is 3.22. The second-order valence-corrected chi connectivity index (χ2v) is 6.62. The summed E-state index contributed by atoms with van der Waals surface area (Å²) in [7, 11) is 0. The van der Waals surface area contributed by atoms with Crippen LogP contribution in [0.3, 0.4) is 0 Å². The van der Waals surface area contributed by atoms with Gasteiger partial charge in [0.2, 0.25) is 0 Å². The summed E-state index contributed by atoms with van der Waals surface area (Å²) in [6.07, 6.45) is 5.60. The molecule has 2 aromatic heterocycles. The average molecular weight is 336 g/mol. The van der Waals surface area contributed by atoms with Crippen LogP contribution in [0.25, 0.3) is 16.9 Å². The lowest BCUT2D eigenvalue weighted by Gasteiger charge is -2.13. The fraction of sp³-hybridized carbons (Fsp3) is 0.316. The fourth-order valence-corrected chi connectivity index (χ4v) is 3.22. The molecule has 6 heteroatoms. The minimum Gasteiger partial charge on any atom is -0.324 e. The monoisotopic (exact) mass is 336 g/mol. The van der Waals surface area contributed by atoms with E-state index in [0.29, 0.717) is 17.1 Å². The number of para-hydroxylation sites is 1. The van der Waals surface area contributed by atoms with Crippen molar-refractivity contribution in [3.63, 3.8) is 0 Å². The van der Waals surface area contributed by atoms with Crippen LogP contribution in [0.15, 0.2) is 52.8 Å². The van der Waals surface area contributed by atoms with Gasteiger partial charge in [-0.2, -0.15) is 0 Å². The third-order valence-corrected chi connectivity index (χ3v) is 4.72. The van der Waals surface area contributed by atoms with Crippen LogP contribution in [0, 0.1) is 12.8 Å². The van der Waals surface area contributed by atoms with Crippen LogP contribution in [-0.4, -0.2) is 18.7 Å². The SMILES string of the molecule is C=CCn1c(=O)c2c(ncn2CC2CC2)n(-c2ccccc2C)c1=O. The zero-order chi connectivity index (χ0) is 17.6. The highest BCUT2D eigenvalue weighted by atomic mass is 16.2. The summed E-state index contributed by atoms with van der Waals surface area (Å²) in [4.78, 5) is 30.4. The molecule has 1 aromatic carbocycles. The number of nitrogens with zero attached hydrogens (tertiary/aromatic N) is 4. The van der Waals surface area contributed by atoms with Crippen LogP contribution in [0.4, 0.5) is 0 Å². The Labute approximate surface area is 144 Å². The first-order valence-corrected chi connectivity index (χ1v) is 8.49. The van der Waals surface area contributed by atoms with Crippen molar-refractivity contribution in [3.05, 3.63) is 69.6 Å². The molecule has 3 aromatic rings. The molecule has 25 heavy (non-hydrogen) atoms. The molecule has 6 nitrogen and oxygen atoms in total. The van der Waals surface area contributed by atoms with E-state index in [1.807, 2.05) is 35.8 Å². The van der Waals surface area contributed by atoms with E-state index in [1.165, 1.54) is 17.4 Å². The predicted octanol–water partition coefficient (Wildman–Crippen LogP) is 2.25. The number of hydrogen-bond acceptors (Lipinski definition) is 3. The quantitative estimate of drug-likeness (QED) is 0.672. The topological polar surface area (TPSA) is 61.8 Å². The average Bonchev–Trinajstić information content (AvgIpc) is 3.32. The zero-order valence-electron chi connectivity index (χ0n) is 14.2. The Balaban J connectivity index is 2.09. The van der Waals surface area contributed by atoms with E-state index in [4.69, 9.17) is 0 Å². The Morgan fingerprint density at radius 2 is 2.04 bits per heavy atom. The largest absolute Gasteiger partial charge is 0.337 e. The molecule has 0 atom stereocenters. The molecule has 0 unspecified atom stereocenters. The van der Waals surface area contributed by atoms with E-state index in [-0.39, 0.29) is 17.8 Å². The van der Waals surface area contributed by atoms with Crippen molar-refractivity contribution in [2.45, 2.75) is 32.9 Å². The van der Waals surface area contributed by atoms with Gasteiger partial charge < -0.3 is 4.57 Å². The van der Waals surface area contributed by atoms with Crippen molar-refractivity contribution in [3.8, 4) is 5.69 Å². The summed E-state index contributed by atoms with van der Waals surface area (Å²) >= 11 is 0. The zero-order valence-corrected chi connectivity index (χ0v) is 14.2. The molecule has 0 spiro atoms. The van der Waals surface area contributed by atoms with Gasteiger partial charge in [-0.3, -0.25) is 9.36 Å². The minimum atomic E-state index is -0.386. The van der Waals surface area contributed by atoms with Gasteiger partial charge in [0.25, 0.3) is 5.56 Å². The molecular formula is C19H20N4O2. The number of benzene rings is 1. The Hall–Kier alpha value is -2.89. The summed E-state index contributed by atoms with van der Waals surface area (Å²) in [6.45, 7) is 6.56. The lowest BCUT2D eigenvalue weighted by atomic mass is 10.2. The van der Waals surface area contributed by atoms with Crippen molar-refractivity contribution < 1.29 is 0 Å². The van der Waals surface area contributed by atoms with Gasteiger partial charge in [-0.25, -0.2) is 14.3 Å². The van der Waals surface area contributed by atoms with Gasteiger partial charge in [-0.15, -0.1) is 6.58 Å². The van der Waals surface area contributed by atoms with Gasteiger partial charge in [0.05, 0.1) is 12.0 Å². The van der Waals surface area contributed by atoms with Gasteiger partial charge in [-0.05, 0) is 37.3 Å². The number of imidazole rings is 1. The number of fused-ring (bicyclic) bond motifs is 1. The van der Waals surface area contributed by atoms with Gasteiger partial charge >= 0.3 is 5.69 Å². The summed E-state index contributed by atoms with van der Waals surface area (Å²) < 4.78 is 4.66. The Morgan fingerprint density at radius 3 is 2.72 bits per heavy atom. The van der Waals surface area contributed by atoms with Crippen LogP contribution in [0.2, 0.25) is 0 Å². The van der Waals surface area contributed by atoms with Crippen LogP contribution in [-0.2, 0) is 13.1 Å². The number of allylic oxidation sites excluding steroid dienone is 1. The predicted molar refractivity (Wildman–Crippen MR) is 97.2 cm³/mol. The van der Waals surface area contributed by atoms with E-state index in [9.17, 15) is 9.59 Å². The molecule has 4 rings (SSSR count). The van der Waals surface area contributed by atoms with Gasteiger partial charge in [-0.1, -0.05) is 24.3 Å². The van der Waals surface area contributed by atoms with Crippen LogP contribution < -0.4 is 11.2 Å². The molecule has 128 valence electrons. The summed E-state index contributed by atoms with van der Waals surface area (Å²) in [5.74, 6) is 0.600. The summed E-state index contributed by atoms with van der Waals surface area (Å²) in [6, 6.07) is 7.62. The molecule has 1 saturated carbocycles. The van der Waals surface area contributed by atoms with Crippen LogP contribution in [0.1, 0.15) is 18.4 Å². The molecular weight excluding hydrogens is 316 g/mol. The standard InChI is InChI=1S/C19H20N4O2/c1-3-10-22-18(24)16-17(20-12-21(16)11-14-8-9-14)23(19(22)25)15-7-5-4-6-13(15)2/h3-7,12,14H,1,8-11H2,2H3. The summed E-state index contributed by atoms with van der Waals surface area (Å²) in [5, 5.41) is 0. The van der Waals surface area contributed by atoms with Crippen LogP contribution >= 0.6 is 0 Å². The highest BCUT2D eigenvalue weighted by molar-refractivity contribution is 5.72. The first-order chi connectivity index (χ1) is 12.1. The molecule has 0 aliphatic heterocycles. The molecule has 1 aliphatic rings. The Bertz CT molecular complexity index is 1080. The van der Waals surface area contributed by atoms with Gasteiger partial charge in [0, 0.05) is 13.1 Å². The highest BCUT2D eigenvalue weighted by Crippen LogP contribution is 2.31. The van der Waals surface area contributed by atoms with E-state index in [0.717, 1.165) is 17.8 Å². The third-order valence-electron chi connectivity index (χ3n) is 4.72. The van der Waals surface area contributed by atoms with E-state index >= 15 is 0 Å². The molecule has 0 N–H and O–H groups in total. The maximum atomic E-state index is 13.0. The molecule has 2 heterocycles. The smallest absolute Gasteiger partial charge is 0.324 e. The Kier molecular flexibility index (Phi) is 3.67. The van der Waals surface area contributed by atoms with Gasteiger partial charge in [0.1, 0.15) is 0 Å². The van der Waals surface area contributed by atoms with Crippen molar-refractivity contribution >= 4 is 11.2 Å². The first-order valence-electron chi connectivity index (χ1n) is 8.49. The van der Waals surface area contributed by atoms with Crippen LogP contribution in [0.5, 0.6) is 0 Å². The maximum Gasteiger partial charge on any atom is 0.337 e. The number of aromatic nitrogens is 4. The van der Waals surface area contributed by atoms with E-state index in [2.05, 4.69) is 11.6 Å². The second kappa shape index (κ2) is 5.88. The van der Waals surface area contributed by atoms with Crippen molar-refractivity contribution in [2.75, 3.05) is 0 Å². The second-order valence-electron chi connectivity index (χ2n) is 6.62. The molecule has 0 amide bonds. The van der Waals surface area contributed by atoms with E-state index in [1.54, 1.807) is 17.0 Å². The Morgan fingerprint density at radius 1 is 1.28 bits per heavy atom. The van der Waals surface area contributed by atoms with E-state index < -0.39 is 0 Å². The lowest BCUT2D eigenvalue weighted by molar-refractivity contribution is 0.632. The first kappa shape index (κ1) is 15.6. The maximum absolute atomic E-state index is 13.0. The molecule has 0 radical (unpaired) electrons. The summed E-state index contributed by atoms with van der Waals surface area (Å²) in [5.41, 5.74) is 1.91. The van der Waals surface area contributed by atoms with Crippen molar-refractivity contribution in [1.29, 1.82) is 0 Å². The number of hydrogen-bond donors (Lipinski definition) is 0. The lowest BCUT2D eigenvalue weighted by Crippen LogP contribution is -2.40. The molecule has 0 saturated heterocycles. The number of aryl methyl sites for hydroxylation is 1. The van der Waals surface area contributed by atoms with Crippen molar-refractivity contribution in [2.24, 2.45) is 5.92 Å². The normalized spacial score (nSPS) is 14.1. The molecule has 0 bridgehead atoms. The minimum absolute atomic E-state index is 0.175. The van der Waals surface area contributed by atoms with Crippen molar-refractivity contribution in [1.82, 2.24) is 18.7 Å². The number of rotatable bonds is 5. The van der Waals surface area contributed by atoms with Gasteiger partial charge in [0.15, 0.2) is 11.2 Å².